The molecule has 2 aliphatic rings. The van der Waals surface area contributed by atoms with E-state index in [2.05, 4.69) is 23.6 Å². The van der Waals surface area contributed by atoms with Crippen molar-refractivity contribution in [1.29, 1.82) is 10.5 Å². The van der Waals surface area contributed by atoms with Gasteiger partial charge in [0.15, 0.2) is 6.04 Å². The number of benzene rings is 1. The van der Waals surface area contributed by atoms with Crippen LogP contribution in [-0.2, 0) is 14.8 Å². The lowest BCUT2D eigenvalue weighted by Crippen LogP contribution is -2.69. The second-order valence-electron chi connectivity index (χ2n) is 9.69. The Bertz CT molecular complexity index is 1350. The lowest BCUT2D eigenvalue weighted by molar-refractivity contribution is -0.953. The summed E-state index contributed by atoms with van der Waals surface area (Å²) in [5.41, 5.74) is -0.0818. The molecule has 1 aromatic rings. The first-order valence-electron chi connectivity index (χ1n) is 12.0. The predicted molar refractivity (Wildman–Crippen MR) is 133 cm³/mol. The Morgan fingerprint density at radius 3 is 2.68 bits per heavy atom. The van der Waals surface area contributed by atoms with Crippen molar-refractivity contribution in [1.82, 2.24) is 9.62 Å². The van der Waals surface area contributed by atoms with Crippen LogP contribution >= 0.6 is 0 Å². The third kappa shape index (κ3) is 4.89. The number of amides is 3. The highest BCUT2D eigenvalue weighted by molar-refractivity contribution is 7.90. The summed E-state index contributed by atoms with van der Waals surface area (Å²) in [6, 6.07) is 3.90. The molecule has 0 fully saturated rings. The quantitative estimate of drug-likeness (QED) is 0.400. The van der Waals surface area contributed by atoms with Gasteiger partial charge in [0.25, 0.3) is 10.0 Å². The Kier molecular flexibility index (Phi) is 7.91. The van der Waals surface area contributed by atoms with E-state index in [4.69, 9.17) is 0 Å². The van der Waals surface area contributed by atoms with Crippen LogP contribution in [0, 0.1) is 28.5 Å². The molecule has 0 aliphatic carbocycles. The topological polar surface area (TPSA) is 146 Å². The molecule has 3 rings (SSSR count). The SMILES string of the molecule is CCCC[N+]1(C)C(C#N)C[N+](C)=C([C@H](C)NC(=O)CN2C(=O)Nc3ccc(F)c(C#N)c3S2(=O)=O)C1C. The molecule has 0 bridgehead atoms. The van der Waals surface area contributed by atoms with Gasteiger partial charge in [-0.05, 0) is 32.4 Å². The summed E-state index contributed by atoms with van der Waals surface area (Å²) in [4.78, 5) is 24.9. The number of nitrogens with one attached hydrogen (secondary N) is 2. The van der Waals surface area contributed by atoms with E-state index in [1.807, 2.05) is 25.6 Å². The maximum Gasteiger partial charge on any atom is 0.336 e. The Morgan fingerprint density at radius 1 is 1.41 bits per heavy atom. The van der Waals surface area contributed by atoms with Gasteiger partial charge in [0, 0.05) is 0 Å². The van der Waals surface area contributed by atoms with Gasteiger partial charge in [0.1, 0.15) is 48.0 Å². The van der Waals surface area contributed by atoms with Gasteiger partial charge >= 0.3 is 6.03 Å². The number of quaternary nitrogens is 1. The number of hydrogen-bond acceptors (Lipinski definition) is 6. The molecule has 3 unspecified atom stereocenters. The molecule has 0 radical (unpaired) electrons. The van der Waals surface area contributed by atoms with Crippen LogP contribution < -0.4 is 10.6 Å². The van der Waals surface area contributed by atoms with E-state index < -0.39 is 50.8 Å². The molecule has 4 atom stereocenters. The van der Waals surface area contributed by atoms with Crippen LogP contribution in [0.15, 0.2) is 17.0 Å². The number of carbonyl (C=O) groups is 2. The third-order valence-electron chi connectivity index (χ3n) is 7.40. The third-order valence-corrected chi connectivity index (χ3v) is 9.21. The average Bonchev–Trinajstić information content (AvgIpc) is 2.83. The predicted octanol–water partition coefficient (Wildman–Crippen LogP) is 1.36. The van der Waals surface area contributed by atoms with E-state index in [0.717, 1.165) is 37.2 Å². The first-order valence-corrected chi connectivity index (χ1v) is 13.5. The van der Waals surface area contributed by atoms with Gasteiger partial charge in [-0.1, -0.05) is 13.3 Å². The molecule has 198 valence electrons. The number of halogens is 1. The minimum absolute atomic E-state index is 0.111. The van der Waals surface area contributed by atoms with Gasteiger partial charge in [-0.2, -0.15) is 10.5 Å². The molecule has 2 aliphatic heterocycles. The van der Waals surface area contributed by atoms with Crippen molar-refractivity contribution < 1.29 is 31.5 Å². The summed E-state index contributed by atoms with van der Waals surface area (Å²) in [5.74, 6) is -1.80. The Labute approximate surface area is 216 Å². The molecule has 1 aromatic carbocycles. The highest BCUT2D eigenvalue weighted by Crippen LogP contribution is 2.34. The van der Waals surface area contributed by atoms with Crippen molar-refractivity contribution in [3.05, 3.63) is 23.5 Å². The second kappa shape index (κ2) is 10.4. The van der Waals surface area contributed by atoms with Crippen molar-refractivity contribution in [3.8, 4) is 12.1 Å². The molecule has 3 amide bonds. The maximum atomic E-state index is 14.1. The first-order chi connectivity index (χ1) is 17.3. The molecule has 0 aromatic heterocycles. The zero-order valence-electron chi connectivity index (χ0n) is 21.6. The lowest BCUT2D eigenvalue weighted by atomic mass is 9.95. The van der Waals surface area contributed by atoms with Crippen molar-refractivity contribution in [2.75, 3.05) is 39.0 Å². The molecule has 0 spiro atoms. The number of urea groups is 1. The number of hydrogen-bond donors (Lipinski definition) is 2. The molecular formula is C24H32FN7O4S+2. The van der Waals surface area contributed by atoms with Crippen LogP contribution in [0.3, 0.4) is 0 Å². The van der Waals surface area contributed by atoms with Crippen molar-refractivity contribution >= 4 is 33.4 Å². The van der Waals surface area contributed by atoms with Gasteiger partial charge in [-0.3, -0.25) is 9.28 Å². The van der Waals surface area contributed by atoms with E-state index in [1.54, 1.807) is 6.92 Å². The highest BCUT2D eigenvalue weighted by Gasteiger charge is 2.51. The lowest BCUT2D eigenvalue weighted by Gasteiger charge is -2.45. The van der Waals surface area contributed by atoms with Crippen molar-refractivity contribution in [2.45, 2.75) is 56.6 Å². The standard InChI is InChI=1S/C24H30FN7O4S/c1-6-7-10-32(5)16(3)22(30(4)13-17(32)11-26)15(2)28-21(33)14-31-24(34)29-20-9-8-19(25)18(12-27)23(20)37(31,35)36/h8-9,15-17H,6-7,10,13-14H2,1-5H3/p+2/t15-,16?,17?,32?/m0/s1. The van der Waals surface area contributed by atoms with Gasteiger partial charge in [0.05, 0.1) is 19.3 Å². The fourth-order valence-corrected chi connectivity index (χ4v) is 6.80. The fourth-order valence-electron chi connectivity index (χ4n) is 5.23. The van der Waals surface area contributed by atoms with Crippen LogP contribution in [0.5, 0.6) is 0 Å². The molecule has 37 heavy (non-hydrogen) atoms. The van der Waals surface area contributed by atoms with Gasteiger partial charge in [-0.25, -0.2) is 26.5 Å². The molecule has 2 N–H and O–H groups in total. The molecule has 2 heterocycles. The Balaban J connectivity index is 1.85. The molecule has 0 saturated carbocycles. The normalized spacial score (nSPS) is 25.4. The monoisotopic (exact) mass is 533 g/mol. The summed E-state index contributed by atoms with van der Waals surface area (Å²) in [6.45, 7) is 6.26. The summed E-state index contributed by atoms with van der Waals surface area (Å²) in [7, 11) is -0.794. The number of nitriles is 2. The zero-order chi connectivity index (χ0) is 27.7. The van der Waals surface area contributed by atoms with E-state index >= 15 is 0 Å². The van der Waals surface area contributed by atoms with Crippen molar-refractivity contribution in [2.24, 2.45) is 0 Å². The smallest absolute Gasteiger partial charge is 0.336 e. The summed E-state index contributed by atoms with van der Waals surface area (Å²) >= 11 is 0. The highest BCUT2D eigenvalue weighted by atomic mass is 32.2. The first kappa shape index (κ1) is 28.0. The Morgan fingerprint density at radius 2 is 2.08 bits per heavy atom. The summed E-state index contributed by atoms with van der Waals surface area (Å²) in [6.07, 6.45) is 1.91. The van der Waals surface area contributed by atoms with Gasteiger partial charge in [0.2, 0.25) is 24.2 Å². The zero-order valence-corrected chi connectivity index (χ0v) is 22.4. The van der Waals surface area contributed by atoms with Gasteiger partial charge in [-0.15, -0.1) is 0 Å². The van der Waals surface area contributed by atoms with Crippen LogP contribution in [0.4, 0.5) is 14.9 Å². The molecule has 13 heteroatoms. The second-order valence-corrected chi connectivity index (χ2v) is 11.5. The Hall–Kier alpha value is -3.55. The van der Waals surface area contributed by atoms with E-state index in [-0.39, 0.29) is 17.8 Å². The number of unbranched alkanes of at least 4 members (excludes halogenated alkanes) is 1. The van der Waals surface area contributed by atoms with E-state index in [0.29, 0.717) is 15.3 Å². The number of carbonyl (C=O) groups excluding carboxylic acids is 2. The minimum Gasteiger partial charge on any atom is -0.342 e. The van der Waals surface area contributed by atoms with Crippen LogP contribution in [-0.4, -0.2) is 91.3 Å². The average molecular weight is 534 g/mol. The van der Waals surface area contributed by atoms with E-state index in [1.165, 1.54) is 6.07 Å². The summed E-state index contributed by atoms with van der Waals surface area (Å²) < 4.78 is 43.2. The number of nitrogens with zero attached hydrogens (tertiary/aromatic N) is 5. The molecular weight excluding hydrogens is 501 g/mol. The van der Waals surface area contributed by atoms with Crippen molar-refractivity contribution in [3.63, 3.8) is 0 Å². The number of fused-ring (bicyclic) bond motifs is 1. The molecule has 0 saturated heterocycles. The minimum atomic E-state index is -4.67. The van der Waals surface area contributed by atoms with Gasteiger partial charge < -0.3 is 10.6 Å². The maximum absolute atomic E-state index is 14.1. The van der Waals surface area contributed by atoms with Crippen LogP contribution in [0.1, 0.15) is 39.2 Å². The number of anilines is 1. The van der Waals surface area contributed by atoms with Crippen LogP contribution in [0.2, 0.25) is 0 Å². The largest absolute Gasteiger partial charge is 0.342 e. The van der Waals surface area contributed by atoms with Crippen LogP contribution in [0.25, 0.3) is 0 Å². The number of rotatable bonds is 7. The van der Waals surface area contributed by atoms with E-state index in [9.17, 15) is 32.9 Å². The summed E-state index contributed by atoms with van der Waals surface area (Å²) in [5, 5.41) is 24.2. The number of likely N-dealkylation sites (N-methyl/N-ethyl adjacent to an activating group) is 2. The molecule has 11 nitrogen and oxygen atoms in total. The number of sulfonamides is 1. The fraction of sp³-hybridized carbons (Fsp3) is 0.542.